The Morgan fingerprint density at radius 1 is 0.967 bits per heavy atom. The fourth-order valence-electron chi connectivity index (χ4n) is 4.23. The SMILES string of the molecule is Cc1ccc(-c2ccc3cc(C(=O)N4C[C@@H](O)[C@H](O)C4)ccc3c2)c2cccnc12. The zero-order valence-electron chi connectivity index (χ0n) is 16.6. The molecule has 2 atom stereocenters. The van der Waals surface area contributed by atoms with Crippen LogP contribution in [0.3, 0.4) is 0 Å². The number of aryl methyl sites for hydroxylation is 1. The van der Waals surface area contributed by atoms with E-state index in [2.05, 4.69) is 42.2 Å². The van der Waals surface area contributed by atoms with E-state index in [1.165, 1.54) is 4.90 Å². The first-order chi connectivity index (χ1) is 14.5. The van der Waals surface area contributed by atoms with Crippen molar-refractivity contribution in [2.24, 2.45) is 0 Å². The normalized spacial score (nSPS) is 19.0. The van der Waals surface area contributed by atoms with Crippen LogP contribution in [0.2, 0.25) is 0 Å². The van der Waals surface area contributed by atoms with Gasteiger partial charge in [-0.2, -0.15) is 0 Å². The summed E-state index contributed by atoms with van der Waals surface area (Å²) in [6.07, 6.45) is 0.0581. The maximum atomic E-state index is 12.7. The third-order valence-electron chi connectivity index (χ3n) is 5.92. The van der Waals surface area contributed by atoms with Crippen LogP contribution in [0, 0.1) is 6.92 Å². The Morgan fingerprint density at radius 2 is 1.70 bits per heavy atom. The van der Waals surface area contributed by atoms with E-state index in [0.717, 1.165) is 38.4 Å². The van der Waals surface area contributed by atoms with Gasteiger partial charge in [-0.05, 0) is 58.7 Å². The molecule has 1 aromatic heterocycles. The van der Waals surface area contributed by atoms with Gasteiger partial charge in [0, 0.05) is 30.2 Å². The first-order valence-electron chi connectivity index (χ1n) is 10.1. The van der Waals surface area contributed by atoms with Gasteiger partial charge in [0.25, 0.3) is 5.91 Å². The fraction of sp³-hybridized carbons (Fsp3) is 0.200. The lowest BCUT2D eigenvalue weighted by atomic mass is 9.95. The van der Waals surface area contributed by atoms with Crippen LogP contribution in [0.5, 0.6) is 0 Å². The van der Waals surface area contributed by atoms with Gasteiger partial charge < -0.3 is 15.1 Å². The second-order valence-corrected chi connectivity index (χ2v) is 7.95. The Hall–Kier alpha value is -3.28. The summed E-state index contributed by atoms with van der Waals surface area (Å²) in [5.41, 5.74) is 4.94. The highest BCUT2D eigenvalue weighted by Gasteiger charge is 2.32. The van der Waals surface area contributed by atoms with E-state index in [4.69, 9.17) is 0 Å². The lowest BCUT2D eigenvalue weighted by Crippen LogP contribution is -2.29. The van der Waals surface area contributed by atoms with Gasteiger partial charge in [-0.1, -0.05) is 36.4 Å². The molecule has 1 aliphatic rings. The third kappa shape index (κ3) is 3.12. The maximum absolute atomic E-state index is 12.7. The topological polar surface area (TPSA) is 73.7 Å². The molecule has 1 amide bonds. The summed E-state index contributed by atoms with van der Waals surface area (Å²) in [7, 11) is 0. The maximum Gasteiger partial charge on any atom is 0.254 e. The monoisotopic (exact) mass is 398 g/mol. The Kier molecular flexibility index (Phi) is 4.50. The van der Waals surface area contributed by atoms with Gasteiger partial charge in [0.1, 0.15) is 0 Å². The van der Waals surface area contributed by atoms with Crippen LogP contribution in [0.1, 0.15) is 15.9 Å². The number of benzene rings is 3. The minimum absolute atomic E-state index is 0.158. The van der Waals surface area contributed by atoms with Crippen LogP contribution in [0.15, 0.2) is 66.9 Å². The van der Waals surface area contributed by atoms with Gasteiger partial charge >= 0.3 is 0 Å². The summed E-state index contributed by atoms with van der Waals surface area (Å²) in [6, 6.07) is 20.1. The summed E-state index contributed by atoms with van der Waals surface area (Å²) >= 11 is 0. The smallest absolute Gasteiger partial charge is 0.254 e. The zero-order valence-corrected chi connectivity index (χ0v) is 16.6. The lowest BCUT2D eigenvalue weighted by molar-refractivity contribution is 0.0572. The van der Waals surface area contributed by atoms with Crippen molar-refractivity contribution in [2.45, 2.75) is 19.1 Å². The van der Waals surface area contributed by atoms with Gasteiger partial charge in [-0.15, -0.1) is 0 Å². The van der Waals surface area contributed by atoms with Crippen LogP contribution in [0.25, 0.3) is 32.8 Å². The fourth-order valence-corrected chi connectivity index (χ4v) is 4.23. The highest BCUT2D eigenvalue weighted by Crippen LogP contribution is 2.32. The largest absolute Gasteiger partial charge is 0.388 e. The highest BCUT2D eigenvalue weighted by molar-refractivity contribution is 6.01. The predicted molar refractivity (Wildman–Crippen MR) is 117 cm³/mol. The van der Waals surface area contributed by atoms with E-state index in [9.17, 15) is 15.0 Å². The number of likely N-dealkylation sites (tertiary alicyclic amines) is 1. The van der Waals surface area contributed by atoms with E-state index in [-0.39, 0.29) is 19.0 Å². The van der Waals surface area contributed by atoms with Crippen LogP contribution < -0.4 is 0 Å². The standard InChI is InChI=1S/C25H22N2O3/c1-15-4-9-20(21-3-2-10-26-24(15)21)18-7-5-17-12-19(8-6-16(17)11-18)25(30)27-13-22(28)23(29)14-27/h2-12,22-23,28-29H,13-14H2,1H3/t22-,23-/m1/s1. The Balaban J connectivity index is 1.52. The van der Waals surface area contributed by atoms with Crippen LogP contribution >= 0.6 is 0 Å². The van der Waals surface area contributed by atoms with Gasteiger partial charge in [0.05, 0.1) is 17.7 Å². The molecule has 2 N–H and O–H groups in total. The van der Waals surface area contributed by atoms with E-state index >= 15 is 0 Å². The van der Waals surface area contributed by atoms with Crippen LogP contribution in [0.4, 0.5) is 0 Å². The van der Waals surface area contributed by atoms with Gasteiger partial charge in [-0.3, -0.25) is 9.78 Å². The molecule has 5 heteroatoms. The number of hydrogen-bond acceptors (Lipinski definition) is 4. The molecule has 30 heavy (non-hydrogen) atoms. The molecule has 1 aliphatic heterocycles. The van der Waals surface area contributed by atoms with Crippen molar-refractivity contribution < 1.29 is 15.0 Å². The van der Waals surface area contributed by atoms with Gasteiger partial charge in [-0.25, -0.2) is 0 Å². The van der Waals surface area contributed by atoms with Crippen molar-refractivity contribution in [3.8, 4) is 11.1 Å². The van der Waals surface area contributed by atoms with Crippen molar-refractivity contribution in [2.75, 3.05) is 13.1 Å². The summed E-state index contributed by atoms with van der Waals surface area (Å²) < 4.78 is 0. The molecule has 1 fully saturated rings. The number of rotatable bonds is 2. The number of hydrogen-bond donors (Lipinski definition) is 2. The number of β-amino-alcohol motifs (C(OH)–C–C–N with tert-alkyl or cyclic N) is 2. The molecule has 5 nitrogen and oxygen atoms in total. The van der Waals surface area contributed by atoms with Crippen molar-refractivity contribution in [3.63, 3.8) is 0 Å². The highest BCUT2D eigenvalue weighted by atomic mass is 16.3. The summed E-state index contributed by atoms with van der Waals surface area (Å²) in [6.45, 7) is 2.38. The third-order valence-corrected chi connectivity index (χ3v) is 5.92. The molecule has 1 saturated heterocycles. The van der Waals surface area contributed by atoms with Crippen molar-refractivity contribution in [3.05, 3.63) is 78.0 Å². The van der Waals surface area contributed by atoms with Crippen molar-refractivity contribution in [1.82, 2.24) is 9.88 Å². The molecule has 0 spiro atoms. The minimum Gasteiger partial charge on any atom is -0.388 e. The number of amides is 1. The summed E-state index contributed by atoms with van der Waals surface area (Å²) in [5, 5.41) is 22.6. The average molecular weight is 398 g/mol. The number of carbonyl (C=O) groups is 1. The quantitative estimate of drug-likeness (QED) is 0.542. The molecule has 0 saturated carbocycles. The van der Waals surface area contributed by atoms with E-state index in [1.807, 2.05) is 30.5 Å². The first kappa shape index (κ1) is 18.7. The van der Waals surface area contributed by atoms with Gasteiger partial charge in [0.2, 0.25) is 0 Å². The lowest BCUT2D eigenvalue weighted by Gasteiger charge is -2.16. The second-order valence-electron chi connectivity index (χ2n) is 7.95. The number of fused-ring (bicyclic) bond motifs is 2. The summed E-state index contributed by atoms with van der Waals surface area (Å²) in [5.74, 6) is -0.174. The molecule has 0 unspecified atom stereocenters. The minimum atomic E-state index is -0.879. The predicted octanol–water partition coefficient (Wildman–Crippen LogP) is 3.54. The Labute approximate surface area is 174 Å². The molecule has 4 aromatic rings. The molecule has 2 heterocycles. The number of carbonyl (C=O) groups excluding carboxylic acids is 1. The molecular formula is C25H22N2O3. The molecule has 0 radical (unpaired) electrons. The van der Waals surface area contributed by atoms with Gasteiger partial charge in [0.15, 0.2) is 0 Å². The second kappa shape index (κ2) is 7.20. The number of pyridine rings is 1. The number of aliphatic hydroxyl groups is 2. The molecule has 5 rings (SSSR count). The van der Waals surface area contributed by atoms with Crippen LogP contribution in [-0.2, 0) is 0 Å². The summed E-state index contributed by atoms with van der Waals surface area (Å²) in [4.78, 5) is 18.8. The number of aromatic nitrogens is 1. The zero-order chi connectivity index (χ0) is 20.8. The van der Waals surface area contributed by atoms with E-state index in [1.54, 1.807) is 6.07 Å². The average Bonchev–Trinajstić information content (AvgIpc) is 3.11. The molecule has 0 bridgehead atoms. The van der Waals surface area contributed by atoms with Crippen LogP contribution in [-0.4, -0.2) is 51.3 Å². The Morgan fingerprint density at radius 3 is 2.50 bits per heavy atom. The molecule has 3 aromatic carbocycles. The molecular weight excluding hydrogens is 376 g/mol. The van der Waals surface area contributed by atoms with Crippen molar-refractivity contribution in [1.29, 1.82) is 0 Å². The molecule has 150 valence electrons. The van der Waals surface area contributed by atoms with Crippen molar-refractivity contribution >= 4 is 27.6 Å². The first-order valence-corrected chi connectivity index (χ1v) is 10.1. The van der Waals surface area contributed by atoms with E-state index in [0.29, 0.717) is 5.56 Å². The number of aliphatic hydroxyl groups excluding tert-OH is 2. The Bertz CT molecular complexity index is 1270. The molecule has 0 aliphatic carbocycles. The van der Waals surface area contributed by atoms with E-state index < -0.39 is 12.2 Å². The number of nitrogens with zero attached hydrogens (tertiary/aromatic N) is 2.